The number of hydrogen-bond donors (Lipinski definition) is 2. The van der Waals surface area contributed by atoms with Crippen molar-refractivity contribution in [3.05, 3.63) is 75.6 Å². The first kappa shape index (κ1) is 42.6. The molecule has 4 aliphatic heterocycles. The van der Waals surface area contributed by atoms with Gasteiger partial charge in [0, 0.05) is 98.1 Å². The lowest BCUT2D eigenvalue weighted by atomic mass is 9.84. The van der Waals surface area contributed by atoms with E-state index in [0.717, 1.165) is 95.5 Å². The maximum Gasteiger partial charge on any atom is 0.324 e. The summed E-state index contributed by atoms with van der Waals surface area (Å²) >= 11 is 1.49. The number of ether oxygens (including phenoxy) is 2. The molecule has 5 aliphatic rings. The van der Waals surface area contributed by atoms with E-state index in [9.17, 15) is 14.4 Å². The summed E-state index contributed by atoms with van der Waals surface area (Å²) in [5, 5.41) is 16.8. The molecule has 15 nitrogen and oxygen atoms in total. The molecule has 0 radical (unpaired) electrons. The van der Waals surface area contributed by atoms with Crippen molar-refractivity contribution in [1.82, 2.24) is 45.4 Å². The number of amides is 2. The highest BCUT2D eigenvalue weighted by Crippen LogP contribution is 2.47. The van der Waals surface area contributed by atoms with E-state index >= 15 is 0 Å². The van der Waals surface area contributed by atoms with E-state index in [1.165, 1.54) is 33.0 Å². The number of pyridine rings is 1. The molecule has 2 N–H and O–H groups in total. The molecule has 0 spiro atoms. The highest BCUT2D eigenvalue weighted by Gasteiger charge is 2.47. The van der Waals surface area contributed by atoms with Gasteiger partial charge >= 0.3 is 5.97 Å². The number of methoxy groups -OCH3 is 1. The Balaban J connectivity index is 1.08. The SMILES string of the molecule is CO[C@@H](C)c1ncc(N2CCN(C)CC2)cc1-c1c2c3cc(cc4c3n1CCC4)-c1csc(n1)C[C@H](NC(=O)[C@H]1C[C@@H]1c1cccnn1)C(=O)N1CCC[C@H](N1)C(=O)OCC(C)(C)C2. The molecule has 0 unspecified atom stereocenters. The van der Waals surface area contributed by atoms with Crippen LogP contribution in [0.5, 0.6) is 0 Å². The zero-order valence-corrected chi connectivity index (χ0v) is 38.2. The van der Waals surface area contributed by atoms with Crippen LogP contribution >= 0.6 is 11.3 Å². The molecule has 5 atom stereocenters. The molecule has 16 heteroatoms. The van der Waals surface area contributed by atoms with Gasteiger partial charge in [-0.1, -0.05) is 13.8 Å². The third-order valence-corrected chi connectivity index (χ3v) is 14.7. The van der Waals surface area contributed by atoms with Crippen LogP contribution in [-0.4, -0.2) is 118 Å². The predicted molar refractivity (Wildman–Crippen MR) is 245 cm³/mol. The summed E-state index contributed by atoms with van der Waals surface area (Å²) in [6.07, 6.45) is 7.89. The standard InChI is InChI=1S/C48H58N10O5S/c1-28(62-5)42-35(21-31(25-49-42)56-17-15-55(4)16-18-56)44-36-24-48(2,3)27-63-47(61)38-11-8-14-58(54-38)46(60)39(52-45(59)34-22-32(34)37-10-6-12-50-53-37)23-41-51-40(26-64-41)30-19-29-9-7-13-57(44)43(29)33(36)20-30/h6,10,12,19-21,25-26,28,32,34,38-39,54H,7-9,11,13-18,22-24,27H2,1-5H3,(H,52,59)/t28-,32-,34-,38-,39-/m0/s1. The molecule has 3 fully saturated rings. The first-order valence-corrected chi connectivity index (χ1v) is 23.7. The number of anilines is 1. The van der Waals surface area contributed by atoms with Gasteiger partial charge in [0.1, 0.15) is 12.1 Å². The van der Waals surface area contributed by atoms with E-state index in [1.807, 2.05) is 18.3 Å². The minimum Gasteiger partial charge on any atom is -0.464 e. The summed E-state index contributed by atoms with van der Waals surface area (Å²) in [6, 6.07) is 8.99. The third-order valence-electron chi connectivity index (χ3n) is 13.9. The van der Waals surface area contributed by atoms with Crippen LogP contribution < -0.4 is 15.6 Å². The Labute approximate surface area is 377 Å². The number of fused-ring (bicyclic) bond motifs is 6. The van der Waals surface area contributed by atoms with Crippen molar-refractivity contribution < 1.29 is 23.9 Å². The number of benzene rings is 1. The Morgan fingerprint density at radius 2 is 1.94 bits per heavy atom. The number of aryl methyl sites for hydroxylation is 2. The third kappa shape index (κ3) is 8.29. The van der Waals surface area contributed by atoms with Gasteiger partial charge in [-0.3, -0.25) is 24.4 Å². The molecular weight excluding hydrogens is 829 g/mol. The average molecular weight is 887 g/mol. The van der Waals surface area contributed by atoms with Crippen LogP contribution in [0.4, 0.5) is 5.69 Å². The van der Waals surface area contributed by atoms with Crippen molar-refractivity contribution in [3.8, 4) is 22.5 Å². The summed E-state index contributed by atoms with van der Waals surface area (Å²) in [6.45, 7) is 11.6. The number of carbonyl (C=O) groups is 3. The molecule has 6 bridgehead atoms. The van der Waals surface area contributed by atoms with Crippen LogP contribution in [0.1, 0.15) is 86.0 Å². The van der Waals surface area contributed by atoms with Crippen LogP contribution in [-0.2, 0) is 49.7 Å². The quantitative estimate of drug-likeness (QED) is 0.199. The molecule has 1 saturated carbocycles. The monoisotopic (exact) mass is 886 g/mol. The highest BCUT2D eigenvalue weighted by molar-refractivity contribution is 7.10. The van der Waals surface area contributed by atoms with Crippen molar-refractivity contribution in [3.63, 3.8) is 0 Å². The summed E-state index contributed by atoms with van der Waals surface area (Å²) in [5.74, 6) is -1.26. The molecule has 10 rings (SSSR count). The molecular formula is C48H58N10O5S. The molecule has 64 heavy (non-hydrogen) atoms. The number of rotatable bonds is 7. The molecule has 2 amide bonds. The van der Waals surface area contributed by atoms with Gasteiger partial charge in [0.15, 0.2) is 0 Å². The minimum atomic E-state index is -0.902. The summed E-state index contributed by atoms with van der Waals surface area (Å²) < 4.78 is 14.7. The lowest BCUT2D eigenvalue weighted by molar-refractivity contribution is -0.155. The normalized spacial score (nSPS) is 24.3. The Bertz CT molecular complexity index is 2590. The number of nitrogens with one attached hydrogen (secondary N) is 2. The lowest BCUT2D eigenvalue weighted by Crippen LogP contribution is -2.60. The number of esters is 1. The van der Waals surface area contributed by atoms with Crippen molar-refractivity contribution in [2.24, 2.45) is 11.3 Å². The topological polar surface area (TPSA) is 160 Å². The molecule has 336 valence electrons. The summed E-state index contributed by atoms with van der Waals surface area (Å²) in [4.78, 5) is 57.4. The number of piperazine rings is 1. The Morgan fingerprint density at radius 3 is 2.73 bits per heavy atom. The number of hydrazine groups is 1. The van der Waals surface area contributed by atoms with Gasteiger partial charge in [0.25, 0.3) is 5.91 Å². The van der Waals surface area contributed by atoms with Gasteiger partial charge in [0.2, 0.25) is 5.91 Å². The van der Waals surface area contributed by atoms with Gasteiger partial charge in [-0.15, -0.1) is 11.3 Å². The van der Waals surface area contributed by atoms with Crippen molar-refractivity contribution in [2.45, 2.75) is 96.4 Å². The van der Waals surface area contributed by atoms with E-state index in [-0.39, 0.29) is 42.8 Å². The fraction of sp³-hybridized carbons (Fsp3) is 0.521. The molecule has 1 aliphatic carbocycles. The second-order valence-corrected chi connectivity index (χ2v) is 20.1. The zero-order chi connectivity index (χ0) is 44.3. The number of carbonyl (C=O) groups excluding carboxylic acids is 3. The van der Waals surface area contributed by atoms with Gasteiger partial charge in [-0.2, -0.15) is 10.2 Å². The first-order chi connectivity index (χ1) is 30.9. The lowest BCUT2D eigenvalue weighted by Gasteiger charge is -2.35. The molecule has 8 heterocycles. The maximum atomic E-state index is 14.4. The van der Waals surface area contributed by atoms with E-state index in [0.29, 0.717) is 32.2 Å². The van der Waals surface area contributed by atoms with Crippen molar-refractivity contribution >= 4 is 45.7 Å². The maximum absolute atomic E-state index is 14.4. The van der Waals surface area contributed by atoms with Gasteiger partial charge in [-0.05, 0) is 94.0 Å². The number of cyclic esters (lactones) is 1. The Hall–Kier alpha value is -5.29. The smallest absolute Gasteiger partial charge is 0.324 e. The van der Waals surface area contributed by atoms with Crippen LogP contribution in [0.2, 0.25) is 0 Å². The average Bonchev–Trinajstić information content (AvgIpc) is 3.89. The Kier molecular flexibility index (Phi) is 11.5. The van der Waals surface area contributed by atoms with Gasteiger partial charge in [0.05, 0.1) is 57.9 Å². The largest absolute Gasteiger partial charge is 0.464 e. The van der Waals surface area contributed by atoms with Crippen LogP contribution in [0.25, 0.3) is 33.4 Å². The second kappa shape index (κ2) is 17.3. The first-order valence-electron chi connectivity index (χ1n) is 22.9. The molecule has 5 aromatic rings. The second-order valence-electron chi connectivity index (χ2n) is 19.2. The zero-order valence-electron chi connectivity index (χ0n) is 37.4. The number of likely N-dealkylation sites (N-methyl/N-ethyl adjacent to an activating group) is 1. The van der Waals surface area contributed by atoms with Crippen molar-refractivity contribution in [2.75, 3.05) is 58.4 Å². The molecule has 2 saturated heterocycles. The van der Waals surface area contributed by atoms with E-state index in [1.54, 1.807) is 13.3 Å². The van der Waals surface area contributed by atoms with Crippen LogP contribution in [0.3, 0.4) is 0 Å². The predicted octanol–water partition coefficient (Wildman–Crippen LogP) is 5.47. The minimum absolute atomic E-state index is 0.0469. The molecule has 1 aromatic carbocycles. The summed E-state index contributed by atoms with van der Waals surface area (Å²) in [7, 11) is 3.91. The van der Waals surface area contributed by atoms with E-state index in [2.05, 4.69) is 86.7 Å². The van der Waals surface area contributed by atoms with Crippen LogP contribution in [0.15, 0.2) is 48.1 Å². The number of nitrogens with zero attached hydrogens (tertiary/aromatic N) is 8. The highest BCUT2D eigenvalue weighted by atomic mass is 32.1. The van der Waals surface area contributed by atoms with E-state index < -0.39 is 23.5 Å². The van der Waals surface area contributed by atoms with Gasteiger partial charge in [-0.25, -0.2) is 10.4 Å². The molecule has 4 aromatic heterocycles. The fourth-order valence-corrected chi connectivity index (χ4v) is 11.0. The number of thiazole rings is 1. The van der Waals surface area contributed by atoms with Gasteiger partial charge < -0.3 is 29.2 Å². The van der Waals surface area contributed by atoms with E-state index in [4.69, 9.17) is 19.4 Å². The summed E-state index contributed by atoms with van der Waals surface area (Å²) in [5.41, 5.74) is 13.2. The number of aromatic nitrogens is 5. The Morgan fingerprint density at radius 1 is 1.09 bits per heavy atom. The van der Waals surface area contributed by atoms with Crippen molar-refractivity contribution in [1.29, 1.82) is 0 Å². The van der Waals surface area contributed by atoms with Crippen LogP contribution in [0, 0.1) is 11.3 Å². The number of hydrogen-bond acceptors (Lipinski definition) is 13. The fourth-order valence-electron chi connectivity index (χ4n) is 10.2.